The summed E-state index contributed by atoms with van der Waals surface area (Å²) in [7, 11) is -6.12. The van der Waals surface area contributed by atoms with Gasteiger partial charge in [0.2, 0.25) is 0 Å². The van der Waals surface area contributed by atoms with Crippen molar-refractivity contribution in [2.24, 2.45) is 5.41 Å². The molecule has 1 heterocycles. The number of hydrogen-bond acceptors (Lipinski definition) is 1. The lowest BCUT2D eigenvalue weighted by molar-refractivity contribution is -0.0343. The molecule has 4 aromatic carbocycles. The van der Waals surface area contributed by atoms with Crippen LogP contribution < -0.4 is 20.7 Å². The van der Waals surface area contributed by atoms with Gasteiger partial charge in [0.15, 0.2) is 7.59 Å². The second kappa shape index (κ2) is 9.50. The highest BCUT2D eigenvalue weighted by molar-refractivity contribution is 7.58. The van der Waals surface area contributed by atoms with Crippen LogP contribution in [0.2, 0.25) is 5.04 Å². The van der Waals surface area contributed by atoms with Gasteiger partial charge in [0.25, 0.3) is 7.83 Å². The molecule has 0 aromatic heterocycles. The zero-order valence-electron chi connectivity index (χ0n) is 23.0. The van der Waals surface area contributed by atoms with E-state index in [0.717, 1.165) is 0 Å². The molecule has 5 rings (SSSR count). The van der Waals surface area contributed by atoms with Gasteiger partial charge in [0, 0.05) is 10.5 Å². The molecule has 1 nitrogen and oxygen atoms in total. The summed E-state index contributed by atoms with van der Waals surface area (Å²) >= 11 is 0. The molecule has 1 saturated heterocycles. The molecule has 192 valence electrons. The Morgan fingerprint density at radius 2 is 0.842 bits per heavy atom. The first-order valence-electron chi connectivity index (χ1n) is 13.4. The van der Waals surface area contributed by atoms with Gasteiger partial charge in [0.1, 0.15) is 0 Å². The van der Waals surface area contributed by atoms with Crippen molar-refractivity contribution in [2.45, 2.75) is 38.3 Å². The van der Waals surface area contributed by atoms with E-state index < -0.39 is 26.1 Å². The van der Waals surface area contributed by atoms with Crippen LogP contribution in [-0.4, -0.2) is 21.0 Å². The molecule has 0 aliphatic carbocycles. The standard InChI is InChI=1S/C35H38OSi2/c1-7-35(8-2)33(3,4)34(5,6)36-38(31-25-17-11-18-26-31,32-27-19-12-20-28-32)37(35,29-21-13-9-14-22-29)30-23-15-10-16-24-30/h7-28H,1-2H2,3-6H3. The molecule has 38 heavy (non-hydrogen) atoms. The third-order valence-corrected chi connectivity index (χ3v) is 26.5. The van der Waals surface area contributed by atoms with E-state index in [0.29, 0.717) is 0 Å². The van der Waals surface area contributed by atoms with Crippen molar-refractivity contribution >= 4 is 36.2 Å². The van der Waals surface area contributed by atoms with Crippen molar-refractivity contribution in [3.05, 3.63) is 147 Å². The van der Waals surface area contributed by atoms with E-state index in [1.807, 2.05) is 0 Å². The molecule has 0 unspecified atom stereocenters. The topological polar surface area (TPSA) is 9.23 Å². The first-order chi connectivity index (χ1) is 18.2. The second-order valence-corrected chi connectivity index (χ2v) is 22.0. The van der Waals surface area contributed by atoms with Crippen molar-refractivity contribution in [2.75, 3.05) is 0 Å². The minimum Gasteiger partial charge on any atom is -0.404 e. The zero-order valence-corrected chi connectivity index (χ0v) is 25.0. The average Bonchev–Trinajstić information content (AvgIpc) is 2.96. The van der Waals surface area contributed by atoms with Crippen LogP contribution >= 0.6 is 0 Å². The van der Waals surface area contributed by atoms with Crippen molar-refractivity contribution < 1.29 is 4.43 Å². The van der Waals surface area contributed by atoms with Crippen molar-refractivity contribution in [3.8, 4) is 0 Å². The minimum absolute atomic E-state index is 0.318. The predicted molar refractivity (Wildman–Crippen MR) is 168 cm³/mol. The molecule has 0 bridgehead atoms. The normalized spacial score (nSPS) is 20.2. The Balaban J connectivity index is 2.15. The number of benzene rings is 4. The molecule has 0 spiro atoms. The van der Waals surface area contributed by atoms with Gasteiger partial charge in [-0.3, -0.25) is 0 Å². The van der Waals surface area contributed by atoms with Gasteiger partial charge in [-0.05, 0) is 24.2 Å². The monoisotopic (exact) mass is 530 g/mol. The summed E-state index contributed by atoms with van der Waals surface area (Å²) in [5, 5.41) is 4.86. The van der Waals surface area contributed by atoms with Crippen molar-refractivity contribution in [1.29, 1.82) is 0 Å². The Hall–Kier alpha value is -3.25. The fourth-order valence-corrected chi connectivity index (χ4v) is 28.6. The maximum atomic E-state index is 7.94. The van der Waals surface area contributed by atoms with E-state index >= 15 is 0 Å². The van der Waals surface area contributed by atoms with Gasteiger partial charge in [-0.1, -0.05) is 158 Å². The van der Waals surface area contributed by atoms with Crippen molar-refractivity contribution in [1.82, 2.24) is 0 Å². The lowest BCUT2D eigenvalue weighted by atomic mass is 9.67. The average molecular weight is 531 g/mol. The zero-order chi connectivity index (χ0) is 27.1. The number of allylic oxidation sites excluding steroid dienone is 2. The highest BCUT2D eigenvalue weighted by Crippen LogP contribution is 2.65. The van der Waals surface area contributed by atoms with E-state index in [1.54, 1.807) is 0 Å². The van der Waals surface area contributed by atoms with Crippen LogP contribution in [0.4, 0.5) is 0 Å². The van der Waals surface area contributed by atoms with Gasteiger partial charge in [-0.25, -0.2) is 0 Å². The molecule has 0 radical (unpaired) electrons. The van der Waals surface area contributed by atoms with Crippen LogP contribution in [0, 0.1) is 5.41 Å². The largest absolute Gasteiger partial charge is 0.404 e. The third kappa shape index (κ3) is 3.25. The second-order valence-electron chi connectivity index (χ2n) is 11.4. The molecule has 0 amide bonds. The molecular weight excluding hydrogens is 493 g/mol. The van der Waals surface area contributed by atoms with Gasteiger partial charge in [0.05, 0.1) is 5.60 Å². The SMILES string of the molecule is C=CC1(C=C)C(C)(C)C(C)(C)O[Si](c2ccccc2)(c2ccccc2)[Si]1(c1ccccc1)c1ccccc1. The van der Waals surface area contributed by atoms with E-state index in [9.17, 15) is 0 Å². The number of rotatable bonds is 6. The van der Waals surface area contributed by atoms with E-state index in [1.165, 1.54) is 20.7 Å². The van der Waals surface area contributed by atoms with Crippen LogP contribution in [0.25, 0.3) is 0 Å². The third-order valence-electron chi connectivity index (χ3n) is 9.51. The molecule has 3 heteroatoms. The summed E-state index contributed by atoms with van der Waals surface area (Å²) in [6.45, 7) is 18.5. The summed E-state index contributed by atoms with van der Waals surface area (Å²) < 4.78 is 7.94. The maximum Gasteiger partial charge on any atom is 0.252 e. The van der Waals surface area contributed by atoms with Gasteiger partial charge < -0.3 is 4.43 Å². The van der Waals surface area contributed by atoms with Crippen LogP contribution in [0.15, 0.2) is 147 Å². The summed E-state index contributed by atoms with van der Waals surface area (Å²) in [5.74, 6) is 0. The Labute approximate surface area is 230 Å². The summed E-state index contributed by atoms with van der Waals surface area (Å²) in [6, 6.07) is 44.4. The van der Waals surface area contributed by atoms with Gasteiger partial charge in [-0.2, -0.15) is 0 Å². The summed E-state index contributed by atoms with van der Waals surface area (Å²) in [5.41, 5.74) is -0.797. The van der Waals surface area contributed by atoms with Crippen LogP contribution in [0.1, 0.15) is 27.7 Å². The van der Waals surface area contributed by atoms with E-state index in [-0.39, 0.29) is 5.41 Å². The van der Waals surface area contributed by atoms with Crippen LogP contribution in [0.5, 0.6) is 0 Å². The quantitative estimate of drug-likeness (QED) is 0.218. The first kappa shape index (κ1) is 26.4. The Morgan fingerprint density at radius 1 is 0.526 bits per heavy atom. The Kier molecular flexibility index (Phi) is 6.59. The molecule has 1 aliphatic heterocycles. The van der Waals surface area contributed by atoms with E-state index in [4.69, 9.17) is 4.43 Å². The van der Waals surface area contributed by atoms with E-state index in [2.05, 4.69) is 174 Å². The van der Waals surface area contributed by atoms with Gasteiger partial charge in [-0.15, -0.1) is 13.2 Å². The minimum atomic E-state index is -3.10. The fourth-order valence-electron chi connectivity index (χ4n) is 7.24. The van der Waals surface area contributed by atoms with Crippen LogP contribution in [0.3, 0.4) is 0 Å². The lowest BCUT2D eigenvalue weighted by Crippen LogP contribution is -2.95. The lowest BCUT2D eigenvalue weighted by Gasteiger charge is -2.70. The predicted octanol–water partition coefficient (Wildman–Crippen LogP) is 6.04. The summed E-state index contributed by atoms with van der Waals surface area (Å²) in [6.07, 6.45) is 4.48. The molecule has 4 aromatic rings. The van der Waals surface area contributed by atoms with Crippen LogP contribution in [-0.2, 0) is 4.43 Å². The van der Waals surface area contributed by atoms with Crippen molar-refractivity contribution in [3.63, 3.8) is 0 Å². The molecule has 1 fully saturated rings. The smallest absolute Gasteiger partial charge is 0.252 e. The Bertz CT molecular complexity index is 1320. The molecule has 1 aliphatic rings. The molecular formula is C35H38OSi2. The number of hydrogen-bond donors (Lipinski definition) is 0. The maximum absolute atomic E-state index is 7.94. The highest BCUT2D eigenvalue weighted by Gasteiger charge is 2.78. The fraction of sp³-hybridized carbons (Fsp3) is 0.200. The van der Waals surface area contributed by atoms with Gasteiger partial charge >= 0.3 is 0 Å². The molecule has 0 atom stereocenters. The molecule has 0 N–H and O–H groups in total. The molecule has 0 saturated carbocycles. The highest BCUT2D eigenvalue weighted by atomic mass is 29.3. The Morgan fingerprint density at radius 3 is 1.16 bits per heavy atom. The summed E-state index contributed by atoms with van der Waals surface area (Å²) in [4.78, 5) is 0. The first-order valence-corrected chi connectivity index (χ1v) is 18.4.